The minimum Gasteiger partial charge on any atom is -0.303 e. The summed E-state index contributed by atoms with van der Waals surface area (Å²) in [4.78, 5) is 22.6. The second kappa shape index (κ2) is 5.46. The SMILES string of the molecule is CSc1ccc(C(=O)CC=O)c(S(C)(=O)=O)c1. The van der Waals surface area contributed by atoms with Gasteiger partial charge in [0.2, 0.25) is 0 Å². The Balaban J connectivity index is 3.40. The second-order valence-electron chi connectivity index (χ2n) is 3.43. The standard InChI is InChI=1S/C11H12O4S2/c1-16-8-3-4-9(10(13)5-6-12)11(7-8)17(2,14)15/h3-4,6-7H,5H2,1-2H3. The molecule has 92 valence electrons. The number of Topliss-reactive ketones (excluding diaryl/α,β-unsaturated/α-hetero) is 1. The fourth-order valence-electron chi connectivity index (χ4n) is 1.35. The van der Waals surface area contributed by atoms with Gasteiger partial charge in [-0.25, -0.2) is 8.42 Å². The molecule has 1 rings (SSSR count). The maximum absolute atomic E-state index is 11.6. The first-order valence-electron chi connectivity index (χ1n) is 4.75. The summed E-state index contributed by atoms with van der Waals surface area (Å²) < 4.78 is 23.2. The van der Waals surface area contributed by atoms with Crippen molar-refractivity contribution in [3.8, 4) is 0 Å². The van der Waals surface area contributed by atoms with E-state index in [1.165, 1.54) is 23.9 Å². The molecule has 0 amide bonds. The maximum Gasteiger partial charge on any atom is 0.176 e. The molecular weight excluding hydrogens is 260 g/mol. The van der Waals surface area contributed by atoms with E-state index >= 15 is 0 Å². The van der Waals surface area contributed by atoms with E-state index in [0.29, 0.717) is 6.29 Å². The number of ketones is 1. The highest BCUT2D eigenvalue weighted by Crippen LogP contribution is 2.24. The topological polar surface area (TPSA) is 68.3 Å². The van der Waals surface area contributed by atoms with Crippen LogP contribution in [0.2, 0.25) is 0 Å². The zero-order valence-electron chi connectivity index (χ0n) is 9.47. The molecule has 0 atom stereocenters. The van der Waals surface area contributed by atoms with Gasteiger partial charge in [0.1, 0.15) is 6.29 Å². The summed E-state index contributed by atoms with van der Waals surface area (Å²) in [6, 6.07) is 4.57. The van der Waals surface area contributed by atoms with Crippen molar-refractivity contribution >= 4 is 33.7 Å². The Morgan fingerprint density at radius 1 is 1.41 bits per heavy atom. The number of aldehydes is 1. The van der Waals surface area contributed by atoms with E-state index in [1.807, 2.05) is 6.26 Å². The monoisotopic (exact) mass is 272 g/mol. The molecular formula is C11H12O4S2. The third-order valence-corrected chi connectivity index (χ3v) is 4.02. The number of rotatable bonds is 5. The predicted molar refractivity (Wildman–Crippen MR) is 66.3 cm³/mol. The minimum absolute atomic E-state index is 0.0174. The number of carbonyl (C=O) groups is 2. The number of sulfone groups is 1. The van der Waals surface area contributed by atoms with Crippen molar-refractivity contribution in [3.63, 3.8) is 0 Å². The van der Waals surface area contributed by atoms with Gasteiger partial charge in [-0.3, -0.25) is 4.79 Å². The normalized spacial score (nSPS) is 11.2. The highest BCUT2D eigenvalue weighted by Gasteiger charge is 2.18. The van der Waals surface area contributed by atoms with Gasteiger partial charge in [-0.05, 0) is 24.5 Å². The fourth-order valence-corrected chi connectivity index (χ4v) is 2.79. The second-order valence-corrected chi connectivity index (χ2v) is 6.29. The van der Waals surface area contributed by atoms with Gasteiger partial charge in [-0.1, -0.05) is 0 Å². The van der Waals surface area contributed by atoms with Crippen molar-refractivity contribution in [2.75, 3.05) is 12.5 Å². The lowest BCUT2D eigenvalue weighted by Gasteiger charge is -2.07. The van der Waals surface area contributed by atoms with Crippen LogP contribution in [-0.4, -0.2) is 33.0 Å². The average Bonchev–Trinajstić information content (AvgIpc) is 2.27. The van der Waals surface area contributed by atoms with Crippen LogP contribution in [-0.2, 0) is 14.6 Å². The largest absolute Gasteiger partial charge is 0.303 e. The number of hydrogen-bond donors (Lipinski definition) is 0. The smallest absolute Gasteiger partial charge is 0.176 e. The van der Waals surface area contributed by atoms with E-state index in [-0.39, 0.29) is 16.9 Å². The summed E-state index contributed by atoms with van der Waals surface area (Å²) in [6.07, 6.45) is 3.02. The molecule has 0 aliphatic heterocycles. The van der Waals surface area contributed by atoms with E-state index in [4.69, 9.17) is 0 Å². The molecule has 1 aromatic rings. The molecule has 0 N–H and O–H groups in total. The van der Waals surface area contributed by atoms with E-state index in [2.05, 4.69) is 0 Å². The molecule has 0 aliphatic rings. The van der Waals surface area contributed by atoms with Gasteiger partial charge < -0.3 is 4.79 Å². The Bertz CT molecular complexity index is 547. The van der Waals surface area contributed by atoms with Crippen LogP contribution in [0.3, 0.4) is 0 Å². The molecule has 0 radical (unpaired) electrons. The molecule has 0 unspecified atom stereocenters. The van der Waals surface area contributed by atoms with Crippen LogP contribution in [0.5, 0.6) is 0 Å². The van der Waals surface area contributed by atoms with Crippen LogP contribution < -0.4 is 0 Å². The minimum atomic E-state index is -3.48. The Kier molecular flexibility index (Phi) is 4.47. The molecule has 0 aromatic heterocycles. The van der Waals surface area contributed by atoms with E-state index in [1.54, 1.807) is 6.07 Å². The Morgan fingerprint density at radius 3 is 2.53 bits per heavy atom. The molecule has 0 saturated heterocycles. The zero-order valence-corrected chi connectivity index (χ0v) is 11.1. The first kappa shape index (κ1) is 13.9. The van der Waals surface area contributed by atoms with Crippen LogP contribution in [0.4, 0.5) is 0 Å². The van der Waals surface area contributed by atoms with Gasteiger partial charge in [0, 0.05) is 16.7 Å². The molecule has 1 aromatic carbocycles. The van der Waals surface area contributed by atoms with Crippen LogP contribution in [0.15, 0.2) is 28.0 Å². The molecule has 0 fully saturated rings. The van der Waals surface area contributed by atoms with Crippen LogP contribution in [0.1, 0.15) is 16.8 Å². The lowest BCUT2D eigenvalue weighted by atomic mass is 10.1. The first-order valence-corrected chi connectivity index (χ1v) is 7.86. The summed E-state index contributed by atoms with van der Waals surface area (Å²) in [5.41, 5.74) is 0.0809. The summed E-state index contributed by atoms with van der Waals surface area (Å²) in [7, 11) is -3.48. The molecule has 0 aliphatic carbocycles. The van der Waals surface area contributed by atoms with Crippen molar-refractivity contribution in [3.05, 3.63) is 23.8 Å². The molecule has 0 heterocycles. The molecule has 17 heavy (non-hydrogen) atoms. The van der Waals surface area contributed by atoms with Crippen molar-refractivity contribution in [2.45, 2.75) is 16.2 Å². The highest BCUT2D eigenvalue weighted by atomic mass is 32.2. The van der Waals surface area contributed by atoms with Gasteiger partial charge in [-0.15, -0.1) is 11.8 Å². The summed E-state index contributed by atoms with van der Waals surface area (Å²) in [5, 5.41) is 0. The number of hydrogen-bond acceptors (Lipinski definition) is 5. The lowest BCUT2D eigenvalue weighted by Crippen LogP contribution is -2.08. The van der Waals surface area contributed by atoms with Gasteiger partial charge in [0.25, 0.3) is 0 Å². The third-order valence-electron chi connectivity index (χ3n) is 2.16. The van der Waals surface area contributed by atoms with Crippen LogP contribution >= 0.6 is 11.8 Å². The number of carbonyl (C=O) groups excluding carboxylic acids is 2. The van der Waals surface area contributed by atoms with E-state index in [0.717, 1.165) is 11.2 Å². The van der Waals surface area contributed by atoms with Gasteiger partial charge in [0.05, 0.1) is 11.3 Å². The van der Waals surface area contributed by atoms with Gasteiger partial charge >= 0.3 is 0 Å². The zero-order chi connectivity index (χ0) is 13.1. The molecule has 0 bridgehead atoms. The quantitative estimate of drug-likeness (QED) is 0.352. The molecule has 6 heteroatoms. The van der Waals surface area contributed by atoms with Crippen LogP contribution in [0, 0.1) is 0 Å². The van der Waals surface area contributed by atoms with Crippen molar-refractivity contribution in [2.24, 2.45) is 0 Å². The Labute approximate surface area is 104 Å². The van der Waals surface area contributed by atoms with Gasteiger partial charge in [0.15, 0.2) is 15.6 Å². The fraction of sp³-hybridized carbons (Fsp3) is 0.273. The Hall–Kier alpha value is -1.14. The van der Waals surface area contributed by atoms with E-state index in [9.17, 15) is 18.0 Å². The summed E-state index contributed by atoms with van der Waals surface area (Å²) in [6.45, 7) is 0. The predicted octanol–water partition coefficient (Wildman–Crippen LogP) is 1.58. The first-order chi connectivity index (χ1) is 7.90. The Morgan fingerprint density at radius 2 is 2.06 bits per heavy atom. The molecule has 0 saturated carbocycles. The van der Waals surface area contributed by atoms with Crippen molar-refractivity contribution in [1.29, 1.82) is 0 Å². The highest BCUT2D eigenvalue weighted by molar-refractivity contribution is 7.98. The molecule has 4 nitrogen and oxygen atoms in total. The lowest BCUT2D eigenvalue weighted by molar-refractivity contribution is -0.107. The number of benzene rings is 1. The van der Waals surface area contributed by atoms with Crippen LogP contribution in [0.25, 0.3) is 0 Å². The summed E-state index contributed by atoms with van der Waals surface area (Å²) in [5.74, 6) is -0.479. The summed E-state index contributed by atoms with van der Waals surface area (Å²) >= 11 is 1.39. The van der Waals surface area contributed by atoms with E-state index < -0.39 is 15.6 Å². The van der Waals surface area contributed by atoms with Crippen molar-refractivity contribution in [1.82, 2.24) is 0 Å². The van der Waals surface area contributed by atoms with Crippen molar-refractivity contribution < 1.29 is 18.0 Å². The third kappa shape index (κ3) is 3.41. The average molecular weight is 272 g/mol. The maximum atomic E-state index is 11.6. The molecule has 0 spiro atoms. The van der Waals surface area contributed by atoms with Gasteiger partial charge in [-0.2, -0.15) is 0 Å². The number of thioether (sulfide) groups is 1.